The summed E-state index contributed by atoms with van der Waals surface area (Å²) in [5, 5.41) is 11.9. The van der Waals surface area contributed by atoms with Crippen LogP contribution in [0.1, 0.15) is 53.9 Å². The van der Waals surface area contributed by atoms with Crippen molar-refractivity contribution in [1.29, 1.82) is 0 Å². The van der Waals surface area contributed by atoms with E-state index in [1.54, 1.807) is 0 Å². The van der Waals surface area contributed by atoms with Gasteiger partial charge in [0.15, 0.2) is 0 Å². The van der Waals surface area contributed by atoms with Gasteiger partial charge in [0.05, 0.1) is 12.1 Å². The zero-order valence-corrected chi connectivity index (χ0v) is 12.5. The maximum atomic E-state index is 11.8. The molecule has 4 N–H and O–H groups in total. The Bertz CT molecular complexity index is 257. The third-order valence-electron chi connectivity index (χ3n) is 3.33. The molecule has 0 saturated carbocycles. The van der Waals surface area contributed by atoms with Crippen molar-refractivity contribution in [2.24, 2.45) is 17.1 Å². The average Bonchev–Trinajstić information content (AvgIpc) is 2.22. The average molecular weight is 258 g/mol. The summed E-state index contributed by atoms with van der Waals surface area (Å²) in [5.41, 5.74) is 5.26. The van der Waals surface area contributed by atoms with E-state index in [1.165, 1.54) is 0 Å². The Kier molecular flexibility index (Phi) is 6.86. The molecule has 0 heterocycles. The number of carbonyl (C=O) groups is 1. The van der Waals surface area contributed by atoms with Crippen molar-refractivity contribution in [3.8, 4) is 0 Å². The minimum Gasteiger partial charge on any atom is -0.394 e. The van der Waals surface area contributed by atoms with Crippen molar-refractivity contribution in [2.75, 3.05) is 13.2 Å². The largest absolute Gasteiger partial charge is 0.394 e. The van der Waals surface area contributed by atoms with E-state index in [0.717, 1.165) is 12.8 Å². The Morgan fingerprint density at radius 3 is 2.17 bits per heavy atom. The van der Waals surface area contributed by atoms with Crippen molar-refractivity contribution in [1.82, 2.24) is 5.32 Å². The monoisotopic (exact) mass is 258 g/mol. The first kappa shape index (κ1) is 17.4. The smallest absolute Gasteiger partial charge is 0.220 e. The van der Waals surface area contributed by atoms with Crippen molar-refractivity contribution in [3.63, 3.8) is 0 Å². The van der Waals surface area contributed by atoms with Crippen LogP contribution >= 0.6 is 0 Å². The fraction of sp³-hybridized carbons (Fsp3) is 0.929. The van der Waals surface area contributed by atoms with Gasteiger partial charge in [0.2, 0.25) is 5.91 Å². The highest BCUT2D eigenvalue weighted by molar-refractivity contribution is 5.76. The number of nitrogens with two attached hydrogens (primary N) is 1. The minimum atomic E-state index is -0.540. The van der Waals surface area contributed by atoms with Crippen molar-refractivity contribution < 1.29 is 9.90 Å². The summed E-state index contributed by atoms with van der Waals surface area (Å²) in [6.07, 6.45) is 2.28. The lowest BCUT2D eigenvalue weighted by atomic mass is 9.76. The zero-order chi connectivity index (χ0) is 14.4. The molecule has 4 nitrogen and oxygen atoms in total. The predicted octanol–water partition coefficient (Wildman–Crippen LogP) is 1.66. The first-order valence-electron chi connectivity index (χ1n) is 6.74. The second-order valence-corrected chi connectivity index (χ2v) is 6.77. The number of nitrogens with one attached hydrogen (secondary N) is 1. The van der Waals surface area contributed by atoms with Gasteiger partial charge < -0.3 is 16.2 Å². The lowest BCUT2D eigenvalue weighted by Crippen LogP contribution is -2.46. The van der Waals surface area contributed by atoms with E-state index < -0.39 is 5.54 Å². The van der Waals surface area contributed by atoms with Gasteiger partial charge in [-0.25, -0.2) is 0 Å². The molecule has 0 fully saturated rings. The molecule has 0 aliphatic rings. The Labute approximate surface area is 111 Å². The normalized spacial score (nSPS) is 14.4. The summed E-state index contributed by atoms with van der Waals surface area (Å²) in [7, 11) is 0. The van der Waals surface area contributed by atoms with Gasteiger partial charge in [-0.3, -0.25) is 4.79 Å². The zero-order valence-electron chi connectivity index (χ0n) is 12.5. The number of amides is 1. The first-order chi connectivity index (χ1) is 8.12. The van der Waals surface area contributed by atoms with Crippen molar-refractivity contribution in [3.05, 3.63) is 0 Å². The molecule has 0 bridgehead atoms. The van der Waals surface area contributed by atoms with Crippen LogP contribution in [0.2, 0.25) is 0 Å². The standard InChI is InChI=1S/C14H30N2O2/c1-13(2,3)11(8-9-15)6-7-12(18)16-14(4,5)10-17/h11,17H,6-10,15H2,1-5H3,(H,16,18). The fourth-order valence-corrected chi connectivity index (χ4v) is 2.00. The topological polar surface area (TPSA) is 75.3 Å². The summed E-state index contributed by atoms with van der Waals surface area (Å²) >= 11 is 0. The molecule has 0 spiro atoms. The Morgan fingerprint density at radius 1 is 1.22 bits per heavy atom. The van der Waals surface area contributed by atoms with Crippen molar-refractivity contribution >= 4 is 5.91 Å². The van der Waals surface area contributed by atoms with Gasteiger partial charge in [0.25, 0.3) is 0 Å². The van der Waals surface area contributed by atoms with E-state index in [2.05, 4.69) is 26.1 Å². The number of aliphatic hydroxyl groups is 1. The van der Waals surface area contributed by atoms with Gasteiger partial charge in [-0.05, 0) is 44.6 Å². The van der Waals surface area contributed by atoms with Crippen molar-refractivity contribution in [2.45, 2.75) is 59.4 Å². The quantitative estimate of drug-likeness (QED) is 0.650. The lowest BCUT2D eigenvalue weighted by Gasteiger charge is -2.31. The van der Waals surface area contributed by atoms with Gasteiger partial charge in [-0.15, -0.1) is 0 Å². The van der Waals surface area contributed by atoms with Gasteiger partial charge in [-0.2, -0.15) is 0 Å². The predicted molar refractivity (Wildman–Crippen MR) is 75.2 cm³/mol. The summed E-state index contributed by atoms with van der Waals surface area (Å²) in [6, 6.07) is 0. The Hall–Kier alpha value is -0.610. The molecule has 18 heavy (non-hydrogen) atoms. The third kappa shape index (κ3) is 6.97. The van der Waals surface area contributed by atoms with Crippen LogP contribution in [-0.4, -0.2) is 29.7 Å². The summed E-state index contributed by atoms with van der Waals surface area (Å²) < 4.78 is 0. The van der Waals surface area contributed by atoms with E-state index in [9.17, 15) is 4.79 Å². The van der Waals surface area contributed by atoms with E-state index in [1.807, 2.05) is 13.8 Å². The van der Waals surface area contributed by atoms with Crippen LogP contribution in [0.4, 0.5) is 0 Å². The maximum absolute atomic E-state index is 11.8. The molecule has 1 unspecified atom stereocenters. The van der Waals surface area contributed by atoms with Gasteiger partial charge in [0, 0.05) is 6.42 Å². The van der Waals surface area contributed by atoms with Gasteiger partial charge >= 0.3 is 0 Å². The molecule has 1 amide bonds. The van der Waals surface area contributed by atoms with Crippen LogP contribution in [0, 0.1) is 11.3 Å². The molecule has 0 aromatic carbocycles. The number of hydrogen-bond donors (Lipinski definition) is 3. The van der Waals surface area contributed by atoms with Crippen LogP contribution in [-0.2, 0) is 4.79 Å². The molecule has 0 aromatic rings. The molecule has 0 aliphatic heterocycles. The Balaban J connectivity index is 4.24. The highest BCUT2D eigenvalue weighted by Gasteiger charge is 2.25. The van der Waals surface area contributed by atoms with Crippen LogP contribution in [0.15, 0.2) is 0 Å². The third-order valence-corrected chi connectivity index (χ3v) is 3.33. The van der Waals surface area contributed by atoms with E-state index in [-0.39, 0.29) is 17.9 Å². The van der Waals surface area contributed by atoms with Gasteiger partial charge in [-0.1, -0.05) is 20.8 Å². The SMILES string of the molecule is CC(C)(CO)NC(=O)CCC(CCN)C(C)(C)C. The fourth-order valence-electron chi connectivity index (χ4n) is 2.00. The number of rotatable bonds is 7. The van der Waals surface area contributed by atoms with Crippen LogP contribution in [0.25, 0.3) is 0 Å². The minimum absolute atomic E-state index is 0.000298. The van der Waals surface area contributed by atoms with Crippen LogP contribution < -0.4 is 11.1 Å². The maximum Gasteiger partial charge on any atom is 0.220 e. The second-order valence-electron chi connectivity index (χ2n) is 6.77. The molecular weight excluding hydrogens is 228 g/mol. The summed E-state index contributed by atoms with van der Waals surface area (Å²) in [5.74, 6) is 0.450. The molecule has 0 saturated heterocycles. The molecule has 0 aromatic heterocycles. The van der Waals surface area contributed by atoms with E-state index in [4.69, 9.17) is 10.8 Å². The van der Waals surface area contributed by atoms with Crippen LogP contribution in [0.3, 0.4) is 0 Å². The lowest BCUT2D eigenvalue weighted by molar-refractivity contribution is -0.123. The number of carbonyl (C=O) groups excluding carboxylic acids is 1. The van der Waals surface area contributed by atoms with Gasteiger partial charge in [0.1, 0.15) is 0 Å². The second kappa shape index (κ2) is 7.10. The summed E-state index contributed by atoms with van der Waals surface area (Å²) in [6.45, 7) is 10.8. The van der Waals surface area contributed by atoms with E-state index >= 15 is 0 Å². The number of aliphatic hydroxyl groups excluding tert-OH is 1. The molecule has 0 aliphatic carbocycles. The number of hydrogen-bond acceptors (Lipinski definition) is 3. The molecule has 108 valence electrons. The molecule has 1 atom stereocenters. The molecule has 0 rings (SSSR count). The highest BCUT2D eigenvalue weighted by Crippen LogP contribution is 2.32. The summed E-state index contributed by atoms with van der Waals surface area (Å²) in [4.78, 5) is 11.8. The highest BCUT2D eigenvalue weighted by atomic mass is 16.3. The Morgan fingerprint density at radius 2 is 1.78 bits per heavy atom. The first-order valence-corrected chi connectivity index (χ1v) is 6.74. The van der Waals surface area contributed by atoms with E-state index in [0.29, 0.717) is 18.9 Å². The molecular formula is C14H30N2O2. The van der Waals surface area contributed by atoms with Crippen LogP contribution in [0.5, 0.6) is 0 Å². The molecule has 0 radical (unpaired) electrons. The molecule has 4 heteroatoms.